The second-order valence-electron chi connectivity index (χ2n) is 8.25. The van der Waals surface area contributed by atoms with Crippen molar-refractivity contribution in [1.82, 2.24) is 19.7 Å². The maximum atomic E-state index is 14.8. The van der Waals surface area contributed by atoms with Crippen molar-refractivity contribution >= 4 is 23.2 Å². The molecule has 33 heavy (non-hydrogen) atoms. The number of hydrogen-bond acceptors (Lipinski definition) is 5. The van der Waals surface area contributed by atoms with Gasteiger partial charge >= 0.3 is 0 Å². The number of piperidine rings is 1. The summed E-state index contributed by atoms with van der Waals surface area (Å²) >= 11 is 12.2. The molecule has 1 aromatic heterocycles. The molecule has 2 atom stereocenters. The average Bonchev–Trinajstić information content (AvgIpc) is 3.28. The number of benzene rings is 2. The Morgan fingerprint density at radius 1 is 1.18 bits per heavy atom. The first kappa shape index (κ1) is 23.9. The van der Waals surface area contributed by atoms with Crippen LogP contribution in [0.3, 0.4) is 0 Å². The largest absolute Gasteiger partial charge is 0.489 e. The molecule has 2 heterocycles. The summed E-state index contributed by atoms with van der Waals surface area (Å²) in [6.07, 6.45) is 4.12. The normalized spacial score (nSPS) is 18.1. The van der Waals surface area contributed by atoms with Gasteiger partial charge < -0.3 is 9.84 Å². The van der Waals surface area contributed by atoms with Gasteiger partial charge in [0.25, 0.3) is 0 Å². The maximum Gasteiger partial charge on any atom is 0.138 e. The van der Waals surface area contributed by atoms with Gasteiger partial charge in [0.2, 0.25) is 0 Å². The molecule has 3 aromatic rings. The van der Waals surface area contributed by atoms with Crippen LogP contribution in [0.5, 0.6) is 5.75 Å². The second kappa shape index (κ2) is 9.93. The van der Waals surface area contributed by atoms with Crippen LogP contribution in [0.15, 0.2) is 49.1 Å². The van der Waals surface area contributed by atoms with E-state index in [2.05, 4.69) is 15.0 Å². The van der Waals surface area contributed by atoms with E-state index >= 15 is 0 Å². The highest BCUT2D eigenvalue weighted by atomic mass is 35.5. The monoisotopic (exact) mass is 496 g/mol. The molecule has 0 amide bonds. The molecule has 0 unspecified atom stereocenters. The topological polar surface area (TPSA) is 63.4 Å². The Morgan fingerprint density at radius 2 is 1.94 bits per heavy atom. The smallest absolute Gasteiger partial charge is 0.138 e. The summed E-state index contributed by atoms with van der Waals surface area (Å²) in [5, 5.41) is 16.8. The van der Waals surface area contributed by atoms with Crippen LogP contribution in [0, 0.1) is 11.6 Å². The van der Waals surface area contributed by atoms with Crippen molar-refractivity contribution < 1.29 is 18.6 Å². The summed E-state index contributed by atoms with van der Waals surface area (Å²) < 4.78 is 35.8. The molecule has 1 aliphatic heterocycles. The van der Waals surface area contributed by atoms with Gasteiger partial charge in [-0.1, -0.05) is 29.3 Å². The molecule has 4 rings (SSSR count). The third kappa shape index (κ3) is 5.30. The van der Waals surface area contributed by atoms with Gasteiger partial charge in [0, 0.05) is 35.8 Å². The zero-order valence-electron chi connectivity index (χ0n) is 18.0. The van der Waals surface area contributed by atoms with E-state index in [0.717, 1.165) is 12.1 Å². The molecule has 0 radical (unpaired) electrons. The van der Waals surface area contributed by atoms with Gasteiger partial charge in [0.15, 0.2) is 0 Å². The number of likely N-dealkylation sites (tertiary alicyclic amines) is 1. The van der Waals surface area contributed by atoms with E-state index in [9.17, 15) is 13.9 Å². The van der Waals surface area contributed by atoms with E-state index in [4.69, 9.17) is 27.9 Å². The van der Waals surface area contributed by atoms with Gasteiger partial charge in [-0.25, -0.2) is 18.4 Å². The Hall–Kier alpha value is -2.26. The van der Waals surface area contributed by atoms with Crippen LogP contribution in [0.25, 0.3) is 0 Å². The summed E-state index contributed by atoms with van der Waals surface area (Å²) in [6.45, 7) is 3.02. The van der Waals surface area contributed by atoms with Crippen LogP contribution in [0.4, 0.5) is 8.78 Å². The summed E-state index contributed by atoms with van der Waals surface area (Å²) in [4.78, 5) is 5.98. The number of aliphatic hydroxyl groups is 1. The lowest BCUT2D eigenvalue weighted by Crippen LogP contribution is -2.54. The summed E-state index contributed by atoms with van der Waals surface area (Å²) in [5.74, 6) is -0.936. The Morgan fingerprint density at radius 3 is 2.58 bits per heavy atom. The van der Waals surface area contributed by atoms with Gasteiger partial charge in [0.1, 0.15) is 41.7 Å². The number of aromatic nitrogens is 3. The molecule has 10 heteroatoms. The molecule has 2 aromatic carbocycles. The minimum Gasteiger partial charge on any atom is -0.489 e. The molecule has 176 valence electrons. The predicted molar refractivity (Wildman–Crippen MR) is 121 cm³/mol. The van der Waals surface area contributed by atoms with Gasteiger partial charge in [-0.05, 0) is 44.0 Å². The molecule has 1 fully saturated rings. The Kier molecular flexibility index (Phi) is 7.19. The number of rotatable bonds is 7. The average molecular weight is 497 g/mol. The maximum absolute atomic E-state index is 14.8. The van der Waals surface area contributed by atoms with E-state index in [1.54, 1.807) is 18.2 Å². The van der Waals surface area contributed by atoms with Crippen LogP contribution >= 0.6 is 23.2 Å². The highest BCUT2D eigenvalue weighted by Crippen LogP contribution is 2.35. The molecule has 0 bridgehead atoms. The molecule has 6 nitrogen and oxygen atoms in total. The number of ether oxygens (including phenoxy) is 1. The van der Waals surface area contributed by atoms with Gasteiger partial charge in [0.05, 0.1) is 11.6 Å². The summed E-state index contributed by atoms with van der Waals surface area (Å²) in [7, 11) is 0. The van der Waals surface area contributed by atoms with Crippen molar-refractivity contribution in [2.45, 2.75) is 44.1 Å². The third-order valence-corrected chi connectivity index (χ3v) is 6.70. The lowest BCUT2D eigenvalue weighted by Gasteiger charge is -2.44. The lowest BCUT2D eigenvalue weighted by atomic mass is 9.84. The fourth-order valence-electron chi connectivity index (χ4n) is 4.28. The fourth-order valence-corrected chi connectivity index (χ4v) is 4.73. The molecule has 0 spiro atoms. The number of halogens is 4. The van der Waals surface area contributed by atoms with Crippen molar-refractivity contribution in [3.05, 3.63) is 76.3 Å². The molecule has 1 N–H and O–H groups in total. The first-order chi connectivity index (χ1) is 15.8. The molecule has 0 saturated carbocycles. The Bertz CT molecular complexity index is 1090. The standard InChI is InChI=1S/C23H24Cl2F2N4O2/c1-15(30-8-6-18(7-9-30)33-22-5-2-16(24)10-20(22)25)23(32,12-31-14-28-13-29-31)19-4-3-17(26)11-21(19)27/h2-5,10-11,13-15,18,32H,6-9,12H2,1H3/t15-,23-/m1/s1. The molecule has 1 aliphatic rings. The van der Waals surface area contributed by atoms with Crippen LogP contribution in [-0.4, -0.2) is 50.0 Å². The van der Waals surface area contributed by atoms with Gasteiger partial charge in [-0.15, -0.1) is 0 Å². The van der Waals surface area contributed by atoms with Crippen molar-refractivity contribution in [1.29, 1.82) is 0 Å². The van der Waals surface area contributed by atoms with Crippen LogP contribution < -0.4 is 4.74 Å². The fraction of sp³-hybridized carbons (Fsp3) is 0.391. The van der Waals surface area contributed by atoms with E-state index in [1.807, 2.05) is 6.92 Å². The van der Waals surface area contributed by atoms with Crippen LogP contribution in [0.1, 0.15) is 25.3 Å². The Labute approximate surface area is 200 Å². The van der Waals surface area contributed by atoms with Crippen molar-refractivity contribution in [3.63, 3.8) is 0 Å². The first-order valence-electron chi connectivity index (χ1n) is 10.6. The van der Waals surface area contributed by atoms with Crippen molar-refractivity contribution in [2.24, 2.45) is 0 Å². The zero-order chi connectivity index (χ0) is 23.6. The molecule has 0 aliphatic carbocycles. The number of nitrogens with zero attached hydrogens (tertiary/aromatic N) is 4. The zero-order valence-corrected chi connectivity index (χ0v) is 19.5. The van der Waals surface area contributed by atoms with Crippen LogP contribution in [-0.2, 0) is 12.1 Å². The Balaban J connectivity index is 1.50. The van der Waals surface area contributed by atoms with E-state index in [-0.39, 0.29) is 18.2 Å². The minimum atomic E-state index is -1.67. The SMILES string of the molecule is C[C@@H](N1CCC(Oc2ccc(Cl)cc2Cl)CC1)[C@](O)(Cn1cncn1)c1ccc(F)cc1F. The minimum absolute atomic E-state index is 0.0122. The molecule has 1 saturated heterocycles. The van der Waals surface area contributed by atoms with E-state index < -0.39 is 23.3 Å². The lowest BCUT2D eigenvalue weighted by molar-refractivity contribution is -0.0747. The first-order valence-corrected chi connectivity index (χ1v) is 11.4. The van der Waals surface area contributed by atoms with Crippen molar-refractivity contribution in [3.8, 4) is 5.75 Å². The highest BCUT2D eigenvalue weighted by Gasteiger charge is 2.43. The quantitative estimate of drug-likeness (QED) is 0.514. The highest BCUT2D eigenvalue weighted by molar-refractivity contribution is 6.35. The summed E-state index contributed by atoms with van der Waals surface area (Å²) in [5.41, 5.74) is -1.66. The molecular formula is C23H24Cl2F2N4O2. The van der Waals surface area contributed by atoms with E-state index in [1.165, 1.54) is 23.4 Å². The van der Waals surface area contributed by atoms with Crippen LogP contribution in [0.2, 0.25) is 10.0 Å². The predicted octanol–water partition coefficient (Wildman–Crippen LogP) is 4.68. The molecular weight excluding hydrogens is 473 g/mol. The van der Waals surface area contributed by atoms with Crippen molar-refractivity contribution in [2.75, 3.05) is 13.1 Å². The van der Waals surface area contributed by atoms with Gasteiger partial charge in [-0.2, -0.15) is 5.10 Å². The summed E-state index contributed by atoms with van der Waals surface area (Å²) in [6, 6.07) is 7.82. The number of hydrogen-bond donors (Lipinski definition) is 1. The van der Waals surface area contributed by atoms with E-state index in [0.29, 0.717) is 41.7 Å². The third-order valence-electron chi connectivity index (χ3n) is 6.17. The second-order valence-corrected chi connectivity index (χ2v) is 9.09. The van der Waals surface area contributed by atoms with Gasteiger partial charge in [-0.3, -0.25) is 4.90 Å².